The molecule has 11 rings (SSSR count). The molecule has 11 aromatic rings. The zero-order valence-corrected chi connectivity index (χ0v) is 26.1. The van der Waals surface area contributed by atoms with Crippen LogP contribution in [-0.2, 0) is 0 Å². The summed E-state index contributed by atoms with van der Waals surface area (Å²) in [5, 5.41) is 11.1. The van der Waals surface area contributed by atoms with E-state index in [4.69, 9.17) is 4.98 Å². The van der Waals surface area contributed by atoms with Gasteiger partial charge in [-0.3, -0.25) is 4.57 Å². The van der Waals surface area contributed by atoms with Crippen LogP contribution in [0.3, 0.4) is 0 Å². The summed E-state index contributed by atoms with van der Waals surface area (Å²) in [6.45, 7) is 0. The van der Waals surface area contributed by atoms with Crippen LogP contribution in [-0.4, -0.2) is 14.1 Å². The molecular weight excluding hydrogens is 599 g/mol. The smallest absolute Gasteiger partial charge is 0.195 e. The van der Waals surface area contributed by atoms with E-state index >= 15 is 0 Å². The van der Waals surface area contributed by atoms with Crippen LogP contribution in [0.25, 0.3) is 95.6 Å². The van der Waals surface area contributed by atoms with E-state index in [-0.39, 0.29) is 0 Å². The van der Waals surface area contributed by atoms with E-state index in [1.807, 2.05) is 11.3 Å². The lowest BCUT2D eigenvalue weighted by Crippen LogP contribution is -1.95. The zero-order chi connectivity index (χ0) is 29.9. The summed E-state index contributed by atoms with van der Waals surface area (Å²) >= 11 is 3.62. The summed E-state index contributed by atoms with van der Waals surface area (Å²) in [5.41, 5.74) is 7.03. The van der Waals surface area contributed by atoms with Crippen LogP contribution in [0.5, 0.6) is 0 Å². The maximum atomic E-state index is 5.42. The number of hydrogen-bond donors (Lipinski definition) is 0. The molecule has 0 fully saturated rings. The predicted octanol–water partition coefficient (Wildman–Crippen LogP) is 12.0. The molecule has 0 bridgehead atoms. The number of thiazole rings is 1. The molecule has 0 aliphatic carbocycles. The van der Waals surface area contributed by atoms with Gasteiger partial charge in [-0.1, -0.05) is 96.3 Å². The standard InChI is InChI=1S/C41H23N3S2/c1-2-10-26-24(9-1)17-19-34-38(26)30-23-25(43-31-14-6-3-11-27(31)28-12-4-7-15-32(28)43)18-20-33(30)44(34)41-42-40-37(46-41)22-21-36-39(40)29-13-5-8-16-35(29)45-36/h1-23H. The number of benzene rings is 7. The average Bonchev–Trinajstić information content (AvgIpc) is 3.86. The van der Waals surface area contributed by atoms with Crippen molar-refractivity contribution in [2.45, 2.75) is 0 Å². The Kier molecular flexibility index (Phi) is 4.87. The van der Waals surface area contributed by atoms with E-state index in [1.54, 1.807) is 11.3 Å². The highest BCUT2D eigenvalue weighted by Gasteiger charge is 2.21. The number of fused-ring (bicyclic) bond motifs is 13. The van der Waals surface area contributed by atoms with Gasteiger partial charge in [0.15, 0.2) is 5.13 Å². The molecule has 214 valence electrons. The van der Waals surface area contributed by atoms with E-state index in [9.17, 15) is 0 Å². The Morgan fingerprint density at radius 1 is 0.413 bits per heavy atom. The van der Waals surface area contributed by atoms with Crippen molar-refractivity contribution in [1.82, 2.24) is 14.1 Å². The Morgan fingerprint density at radius 3 is 1.89 bits per heavy atom. The van der Waals surface area contributed by atoms with Crippen LogP contribution in [0.15, 0.2) is 140 Å². The van der Waals surface area contributed by atoms with Crippen molar-refractivity contribution >= 4 is 107 Å². The third kappa shape index (κ3) is 3.23. The number of para-hydroxylation sites is 2. The zero-order valence-electron chi connectivity index (χ0n) is 24.4. The predicted molar refractivity (Wildman–Crippen MR) is 199 cm³/mol. The molecule has 0 saturated heterocycles. The topological polar surface area (TPSA) is 22.8 Å². The second-order valence-electron chi connectivity index (χ2n) is 12.0. The third-order valence-electron chi connectivity index (χ3n) is 9.56. The van der Waals surface area contributed by atoms with Crippen molar-refractivity contribution in [2.75, 3.05) is 0 Å². The Bertz CT molecular complexity index is 2990. The van der Waals surface area contributed by atoms with Crippen molar-refractivity contribution in [3.05, 3.63) is 140 Å². The molecule has 0 atom stereocenters. The van der Waals surface area contributed by atoms with Crippen molar-refractivity contribution < 1.29 is 0 Å². The molecule has 4 heterocycles. The summed E-state index contributed by atoms with van der Waals surface area (Å²) < 4.78 is 8.60. The van der Waals surface area contributed by atoms with Gasteiger partial charge < -0.3 is 4.57 Å². The van der Waals surface area contributed by atoms with Crippen molar-refractivity contribution in [2.24, 2.45) is 0 Å². The van der Waals surface area contributed by atoms with Crippen molar-refractivity contribution in [3.63, 3.8) is 0 Å². The van der Waals surface area contributed by atoms with Crippen LogP contribution in [0.4, 0.5) is 0 Å². The SMILES string of the molecule is c1ccc2c(c1)ccc1c2c2cc(-n3c4ccccc4c4ccccc43)ccc2n1-c1nc2c(ccc3sc4ccccc4c32)s1. The fraction of sp³-hybridized carbons (Fsp3) is 0. The van der Waals surface area contributed by atoms with Crippen LogP contribution in [0.2, 0.25) is 0 Å². The maximum Gasteiger partial charge on any atom is 0.195 e. The van der Waals surface area contributed by atoms with Gasteiger partial charge in [-0.15, -0.1) is 11.3 Å². The molecule has 0 radical (unpaired) electrons. The Hall–Kier alpha value is -5.49. The molecule has 0 amide bonds. The van der Waals surface area contributed by atoms with Gasteiger partial charge in [-0.25, -0.2) is 4.98 Å². The summed E-state index contributed by atoms with van der Waals surface area (Å²) in [6.07, 6.45) is 0. The molecule has 0 aliphatic heterocycles. The lowest BCUT2D eigenvalue weighted by Gasteiger charge is -2.09. The normalized spacial score (nSPS) is 12.3. The lowest BCUT2D eigenvalue weighted by molar-refractivity contribution is 1.14. The summed E-state index contributed by atoms with van der Waals surface area (Å²) in [7, 11) is 0. The second-order valence-corrected chi connectivity index (χ2v) is 14.1. The first-order valence-corrected chi connectivity index (χ1v) is 17.1. The van der Waals surface area contributed by atoms with E-state index in [2.05, 4.69) is 149 Å². The molecule has 7 aromatic carbocycles. The van der Waals surface area contributed by atoms with Gasteiger partial charge >= 0.3 is 0 Å². The lowest BCUT2D eigenvalue weighted by atomic mass is 10.0. The summed E-state index contributed by atoms with van der Waals surface area (Å²) in [6, 6.07) is 50.9. The van der Waals surface area contributed by atoms with Crippen LogP contribution in [0, 0.1) is 0 Å². The molecule has 0 aliphatic rings. The van der Waals surface area contributed by atoms with Crippen molar-refractivity contribution in [3.8, 4) is 10.8 Å². The Morgan fingerprint density at radius 2 is 1.07 bits per heavy atom. The van der Waals surface area contributed by atoms with Crippen LogP contribution < -0.4 is 0 Å². The van der Waals surface area contributed by atoms with Crippen LogP contribution in [0.1, 0.15) is 0 Å². The molecule has 3 nitrogen and oxygen atoms in total. The van der Waals surface area contributed by atoms with Gasteiger partial charge in [0, 0.05) is 47.4 Å². The molecule has 46 heavy (non-hydrogen) atoms. The Labute approximate surface area is 270 Å². The second kappa shape index (κ2) is 9.04. The molecule has 0 unspecified atom stereocenters. The van der Waals surface area contributed by atoms with E-state index in [0.717, 1.165) is 16.3 Å². The van der Waals surface area contributed by atoms with Crippen LogP contribution >= 0.6 is 22.7 Å². The average molecular weight is 622 g/mol. The van der Waals surface area contributed by atoms with E-state index in [0.29, 0.717) is 0 Å². The monoisotopic (exact) mass is 621 g/mol. The number of hydrogen-bond acceptors (Lipinski definition) is 3. The molecule has 5 heteroatoms. The molecule has 0 saturated carbocycles. The molecule has 0 spiro atoms. The van der Waals surface area contributed by atoms with Gasteiger partial charge in [0.1, 0.15) is 0 Å². The highest BCUT2D eigenvalue weighted by atomic mass is 32.1. The number of rotatable bonds is 2. The summed E-state index contributed by atoms with van der Waals surface area (Å²) in [4.78, 5) is 5.42. The highest BCUT2D eigenvalue weighted by Crippen LogP contribution is 2.43. The van der Waals surface area contributed by atoms with E-state index < -0.39 is 0 Å². The number of thiophene rings is 1. The quantitative estimate of drug-likeness (QED) is 0.188. The number of nitrogens with zero attached hydrogens (tertiary/aromatic N) is 3. The van der Waals surface area contributed by atoms with Gasteiger partial charge in [0.2, 0.25) is 0 Å². The highest BCUT2D eigenvalue weighted by molar-refractivity contribution is 7.26. The minimum atomic E-state index is 0.998. The van der Waals surface area contributed by atoms with Gasteiger partial charge in [0.25, 0.3) is 0 Å². The fourth-order valence-electron chi connectivity index (χ4n) is 7.61. The van der Waals surface area contributed by atoms with Gasteiger partial charge in [-0.2, -0.15) is 0 Å². The molecule has 0 N–H and O–H groups in total. The summed E-state index contributed by atoms with van der Waals surface area (Å²) in [5.74, 6) is 0. The largest absolute Gasteiger partial charge is 0.309 e. The van der Waals surface area contributed by atoms with Gasteiger partial charge in [0.05, 0.1) is 32.3 Å². The first kappa shape index (κ1) is 24.8. The maximum absolute atomic E-state index is 5.42. The number of aromatic nitrogens is 3. The fourth-order valence-corrected chi connectivity index (χ4v) is 9.72. The van der Waals surface area contributed by atoms with E-state index in [1.165, 1.54) is 79.3 Å². The first-order valence-electron chi connectivity index (χ1n) is 15.5. The molecule has 4 aromatic heterocycles. The first-order chi connectivity index (χ1) is 22.8. The molecular formula is C41H23N3S2. The Balaban J connectivity index is 1.25. The van der Waals surface area contributed by atoms with Gasteiger partial charge in [-0.05, 0) is 65.4 Å². The third-order valence-corrected chi connectivity index (χ3v) is 11.7. The minimum absolute atomic E-state index is 0.998. The van der Waals surface area contributed by atoms with Crippen molar-refractivity contribution in [1.29, 1.82) is 0 Å². The minimum Gasteiger partial charge on any atom is -0.309 e.